The third-order valence-corrected chi connectivity index (χ3v) is 5.08. The van der Waals surface area contributed by atoms with Gasteiger partial charge in [0.05, 0.1) is 0 Å². The van der Waals surface area contributed by atoms with Crippen LogP contribution in [0.4, 0.5) is 0 Å². The van der Waals surface area contributed by atoms with E-state index in [-0.39, 0.29) is 23.8 Å². The van der Waals surface area contributed by atoms with Gasteiger partial charge in [-0.1, -0.05) is 53.5 Å². The molecular formula is C23H28Cl2N2O2. The van der Waals surface area contributed by atoms with Gasteiger partial charge in [0, 0.05) is 28.5 Å². The van der Waals surface area contributed by atoms with Gasteiger partial charge in [0.2, 0.25) is 11.8 Å². The highest BCUT2D eigenvalue weighted by atomic mass is 35.5. The Morgan fingerprint density at radius 3 is 2.38 bits per heavy atom. The van der Waals surface area contributed by atoms with Crippen LogP contribution in [0.2, 0.25) is 10.0 Å². The molecular weight excluding hydrogens is 407 g/mol. The first-order chi connectivity index (χ1) is 13.6. The summed E-state index contributed by atoms with van der Waals surface area (Å²) in [5.74, 6) is -0.299. The van der Waals surface area contributed by atoms with Crippen LogP contribution in [0.5, 0.6) is 0 Å². The van der Waals surface area contributed by atoms with E-state index >= 15 is 0 Å². The SMILES string of the molecule is C[C@@H](C(=O)NC(C)(C)C)N(Cc1cccc(Cl)c1)C(=O)CCc1ccccc1Cl. The largest absolute Gasteiger partial charge is 0.350 e. The molecule has 6 heteroatoms. The number of halogens is 2. The van der Waals surface area contributed by atoms with Crippen molar-refractivity contribution >= 4 is 35.0 Å². The van der Waals surface area contributed by atoms with Gasteiger partial charge in [0.15, 0.2) is 0 Å². The highest BCUT2D eigenvalue weighted by molar-refractivity contribution is 6.31. The van der Waals surface area contributed by atoms with Crippen LogP contribution in [-0.4, -0.2) is 28.3 Å². The lowest BCUT2D eigenvalue weighted by molar-refractivity contribution is -0.141. The Labute approximate surface area is 183 Å². The number of carbonyl (C=O) groups is 2. The molecule has 2 amide bonds. The Bertz CT molecular complexity index is 862. The van der Waals surface area contributed by atoms with Gasteiger partial charge in [-0.3, -0.25) is 9.59 Å². The molecule has 156 valence electrons. The van der Waals surface area contributed by atoms with Gasteiger partial charge in [-0.25, -0.2) is 0 Å². The zero-order valence-electron chi connectivity index (χ0n) is 17.3. The lowest BCUT2D eigenvalue weighted by Crippen LogP contribution is -2.52. The monoisotopic (exact) mass is 434 g/mol. The van der Waals surface area contributed by atoms with E-state index < -0.39 is 6.04 Å². The van der Waals surface area contributed by atoms with E-state index in [2.05, 4.69) is 5.32 Å². The first kappa shape index (κ1) is 23.2. The number of nitrogens with zero attached hydrogens (tertiary/aromatic N) is 1. The van der Waals surface area contributed by atoms with Crippen molar-refractivity contribution in [2.45, 2.75) is 58.7 Å². The van der Waals surface area contributed by atoms with E-state index in [0.717, 1.165) is 11.1 Å². The molecule has 0 unspecified atom stereocenters. The minimum absolute atomic E-state index is 0.110. The molecule has 0 aromatic heterocycles. The quantitative estimate of drug-likeness (QED) is 0.645. The molecule has 0 bridgehead atoms. The Morgan fingerprint density at radius 2 is 1.76 bits per heavy atom. The molecule has 0 radical (unpaired) electrons. The van der Waals surface area contributed by atoms with Crippen molar-refractivity contribution in [3.63, 3.8) is 0 Å². The fourth-order valence-corrected chi connectivity index (χ4v) is 3.42. The van der Waals surface area contributed by atoms with E-state index in [9.17, 15) is 9.59 Å². The van der Waals surface area contributed by atoms with E-state index in [1.807, 2.05) is 63.2 Å². The van der Waals surface area contributed by atoms with Crippen LogP contribution in [0.3, 0.4) is 0 Å². The number of rotatable bonds is 7. The van der Waals surface area contributed by atoms with Crippen LogP contribution < -0.4 is 5.32 Å². The molecule has 1 N–H and O–H groups in total. The number of hydrogen-bond acceptors (Lipinski definition) is 2. The zero-order valence-corrected chi connectivity index (χ0v) is 18.8. The number of carbonyl (C=O) groups excluding carboxylic acids is 2. The number of nitrogens with one attached hydrogen (secondary N) is 1. The van der Waals surface area contributed by atoms with Gasteiger partial charge in [-0.15, -0.1) is 0 Å². The number of aryl methyl sites for hydroxylation is 1. The molecule has 2 rings (SSSR count). The fourth-order valence-electron chi connectivity index (χ4n) is 2.98. The normalized spacial score (nSPS) is 12.3. The predicted molar refractivity (Wildman–Crippen MR) is 119 cm³/mol. The minimum Gasteiger partial charge on any atom is -0.350 e. The summed E-state index contributed by atoms with van der Waals surface area (Å²) >= 11 is 12.3. The van der Waals surface area contributed by atoms with Crippen LogP contribution in [0.25, 0.3) is 0 Å². The molecule has 0 spiro atoms. The van der Waals surface area contributed by atoms with Crippen molar-refractivity contribution in [2.75, 3.05) is 0 Å². The number of hydrogen-bond donors (Lipinski definition) is 1. The van der Waals surface area contributed by atoms with Gasteiger partial charge in [0.25, 0.3) is 0 Å². The van der Waals surface area contributed by atoms with E-state index in [1.54, 1.807) is 17.9 Å². The zero-order chi connectivity index (χ0) is 21.6. The van der Waals surface area contributed by atoms with Crippen molar-refractivity contribution in [1.82, 2.24) is 10.2 Å². The van der Waals surface area contributed by atoms with Crippen molar-refractivity contribution < 1.29 is 9.59 Å². The second kappa shape index (κ2) is 10.1. The number of amides is 2. The summed E-state index contributed by atoms with van der Waals surface area (Å²) in [5.41, 5.74) is 1.41. The van der Waals surface area contributed by atoms with Crippen molar-refractivity contribution in [1.29, 1.82) is 0 Å². The molecule has 2 aromatic rings. The summed E-state index contributed by atoms with van der Waals surface area (Å²) in [4.78, 5) is 27.4. The van der Waals surface area contributed by atoms with Gasteiger partial charge >= 0.3 is 0 Å². The maximum Gasteiger partial charge on any atom is 0.242 e. The van der Waals surface area contributed by atoms with E-state index in [4.69, 9.17) is 23.2 Å². The van der Waals surface area contributed by atoms with Gasteiger partial charge in [-0.05, 0) is 63.4 Å². The molecule has 0 fully saturated rings. The van der Waals surface area contributed by atoms with Crippen molar-refractivity contribution in [2.24, 2.45) is 0 Å². The highest BCUT2D eigenvalue weighted by Crippen LogP contribution is 2.19. The molecule has 0 aliphatic heterocycles. The molecule has 0 aliphatic carbocycles. The van der Waals surface area contributed by atoms with Crippen LogP contribution in [0.15, 0.2) is 48.5 Å². The average Bonchev–Trinajstić information content (AvgIpc) is 2.63. The minimum atomic E-state index is -0.619. The lowest BCUT2D eigenvalue weighted by Gasteiger charge is -2.31. The number of benzene rings is 2. The van der Waals surface area contributed by atoms with Crippen LogP contribution in [0.1, 0.15) is 45.2 Å². The molecule has 0 aliphatic rings. The molecule has 29 heavy (non-hydrogen) atoms. The third-order valence-electron chi connectivity index (χ3n) is 4.47. The maximum absolute atomic E-state index is 13.1. The third kappa shape index (κ3) is 7.37. The van der Waals surface area contributed by atoms with Gasteiger partial charge < -0.3 is 10.2 Å². The predicted octanol–water partition coefficient (Wildman–Crippen LogP) is 5.26. The summed E-state index contributed by atoms with van der Waals surface area (Å²) in [6.07, 6.45) is 0.773. The molecule has 1 atom stereocenters. The lowest BCUT2D eigenvalue weighted by atomic mass is 10.1. The maximum atomic E-state index is 13.1. The van der Waals surface area contributed by atoms with Crippen LogP contribution in [0, 0.1) is 0 Å². The van der Waals surface area contributed by atoms with Gasteiger partial charge in [-0.2, -0.15) is 0 Å². The Kier molecular flexibility index (Phi) is 8.12. The molecule has 0 saturated carbocycles. The second-order valence-corrected chi connectivity index (χ2v) is 9.00. The summed E-state index contributed by atoms with van der Waals surface area (Å²) in [6, 6.07) is 14.2. The van der Waals surface area contributed by atoms with Crippen LogP contribution >= 0.6 is 23.2 Å². The topological polar surface area (TPSA) is 49.4 Å². The Morgan fingerprint density at radius 1 is 1.07 bits per heavy atom. The first-order valence-corrected chi connectivity index (χ1v) is 10.4. The average molecular weight is 435 g/mol. The molecule has 2 aromatic carbocycles. The van der Waals surface area contributed by atoms with E-state index in [1.165, 1.54) is 0 Å². The fraction of sp³-hybridized carbons (Fsp3) is 0.391. The highest BCUT2D eigenvalue weighted by Gasteiger charge is 2.28. The van der Waals surface area contributed by atoms with E-state index in [0.29, 0.717) is 23.0 Å². The molecule has 4 nitrogen and oxygen atoms in total. The summed E-state index contributed by atoms with van der Waals surface area (Å²) in [6.45, 7) is 7.80. The second-order valence-electron chi connectivity index (χ2n) is 8.16. The van der Waals surface area contributed by atoms with Crippen molar-refractivity contribution in [3.8, 4) is 0 Å². The Balaban J connectivity index is 2.19. The van der Waals surface area contributed by atoms with Gasteiger partial charge in [0.1, 0.15) is 6.04 Å². The van der Waals surface area contributed by atoms with Crippen molar-refractivity contribution in [3.05, 3.63) is 69.7 Å². The summed E-state index contributed by atoms with van der Waals surface area (Å²) in [5, 5.41) is 4.19. The summed E-state index contributed by atoms with van der Waals surface area (Å²) < 4.78 is 0. The molecule has 0 saturated heterocycles. The van der Waals surface area contributed by atoms with Crippen LogP contribution in [-0.2, 0) is 22.6 Å². The first-order valence-electron chi connectivity index (χ1n) is 9.66. The standard InChI is InChI=1S/C23H28Cl2N2O2/c1-16(22(29)26-23(2,3)4)27(15-17-8-7-10-19(24)14-17)21(28)13-12-18-9-5-6-11-20(18)25/h5-11,14,16H,12-13,15H2,1-4H3,(H,26,29)/t16-/m0/s1. The molecule has 0 heterocycles. The Hall–Kier alpha value is -2.04. The summed E-state index contributed by atoms with van der Waals surface area (Å²) in [7, 11) is 0. The smallest absolute Gasteiger partial charge is 0.242 e.